The molecule has 0 fully saturated rings. The van der Waals surface area contributed by atoms with Crippen LogP contribution in [0.3, 0.4) is 0 Å². The van der Waals surface area contributed by atoms with Crippen molar-refractivity contribution in [2.24, 2.45) is 0 Å². The number of hydrogen-bond donors (Lipinski definition) is 1. The summed E-state index contributed by atoms with van der Waals surface area (Å²) < 4.78 is 12.8. The van der Waals surface area contributed by atoms with Crippen LogP contribution in [0.5, 0.6) is 0 Å². The molecule has 0 heterocycles. The van der Waals surface area contributed by atoms with Gasteiger partial charge in [-0.25, -0.2) is 9.87 Å². The quantitative estimate of drug-likeness (QED) is 0.667. The molecule has 11 heavy (non-hydrogen) atoms. The molecular formula is C8H10FNO. The molecule has 1 aromatic rings. The van der Waals surface area contributed by atoms with E-state index >= 15 is 0 Å². The topological polar surface area (TPSA) is 21.3 Å². The van der Waals surface area contributed by atoms with E-state index < -0.39 is 0 Å². The summed E-state index contributed by atoms with van der Waals surface area (Å²) >= 11 is 0. The highest BCUT2D eigenvalue weighted by Crippen LogP contribution is 2.06. The van der Waals surface area contributed by atoms with Crippen LogP contribution in [-0.4, -0.2) is 7.05 Å². The molecule has 0 aliphatic carbocycles. The van der Waals surface area contributed by atoms with Crippen LogP contribution in [0.1, 0.15) is 5.56 Å². The molecule has 0 bridgehead atoms. The van der Waals surface area contributed by atoms with Crippen molar-refractivity contribution in [2.75, 3.05) is 7.05 Å². The third-order valence-electron chi connectivity index (χ3n) is 1.33. The van der Waals surface area contributed by atoms with Gasteiger partial charge in [0.15, 0.2) is 0 Å². The maximum absolute atomic E-state index is 12.8. The Morgan fingerprint density at radius 1 is 1.45 bits per heavy atom. The van der Waals surface area contributed by atoms with Gasteiger partial charge in [-0.15, -0.1) is 0 Å². The van der Waals surface area contributed by atoms with Gasteiger partial charge in [-0.3, -0.25) is 4.84 Å². The predicted molar refractivity (Wildman–Crippen MR) is 40.2 cm³/mol. The Labute approximate surface area is 64.9 Å². The summed E-state index contributed by atoms with van der Waals surface area (Å²) in [6, 6.07) is 6.52. The largest absolute Gasteiger partial charge is 0.297 e. The van der Waals surface area contributed by atoms with E-state index in [0.29, 0.717) is 5.56 Å². The van der Waals surface area contributed by atoms with E-state index in [9.17, 15) is 4.39 Å². The maximum atomic E-state index is 12.8. The first kappa shape index (κ1) is 8.17. The highest BCUT2D eigenvalue weighted by Gasteiger charge is 1.98. The van der Waals surface area contributed by atoms with E-state index in [0.717, 1.165) is 0 Å². The van der Waals surface area contributed by atoms with Crippen molar-refractivity contribution in [2.45, 2.75) is 6.61 Å². The zero-order valence-corrected chi connectivity index (χ0v) is 6.30. The molecule has 3 heteroatoms. The Balaban J connectivity index is 2.62. The zero-order chi connectivity index (χ0) is 8.10. The van der Waals surface area contributed by atoms with Crippen molar-refractivity contribution in [3.8, 4) is 0 Å². The third kappa shape index (κ3) is 2.29. The molecular weight excluding hydrogens is 145 g/mol. The second-order valence-electron chi connectivity index (χ2n) is 2.08. The Hall–Kier alpha value is -0.930. The first-order valence-corrected chi connectivity index (χ1v) is 3.36. The molecule has 0 amide bonds. The summed E-state index contributed by atoms with van der Waals surface area (Å²) in [5.41, 5.74) is 3.03. The van der Waals surface area contributed by atoms with Crippen LogP contribution < -0.4 is 5.48 Å². The molecule has 0 saturated heterocycles. The summed E-state index contributed by atoms with van der Waals surface area (Å²) in [5.74, 6) is -0.234. The van der Waals surface area contributed by atoms with Gasteiger partial charge in [-0.2, -0.15) is 0 Å². The minimum atomic E-state index is -0.234. The Kier molecular flexibility index (Phi) is 3.01. The van der Waals surface area contributed by atoms with Gasteiger partial charge in [0, 0.05) is 12.6 Å². The molecule has 0 aliphatic heterocycles. The average Bonchev–Trinajstić information content (AvgIpc) is 2.03. The van der Waals surface area contributed by atoms with Gasteiger partial charge in [-0.1, -0.05) is 18.2 Å². The number of hydroxylamine groups is 1. The summed E-state index contributed by atoms with van der Waals surface area (Å²) in [5, 5.41) is 0. The first-order valence-electron chi connectivity index (χ1n) is 3.36. The molecule has 0 unspecified atom stereocenters. The Bertz CT molecular complexity index is 227. The molecule has 0 saturated carbocycles. The summed E-state index contributed by atoms with van der Waals surface area (Å²) in [6.07, 6.45) is 0. The van der Waals surface area contributed by atoms with E-state index in [4.69, 9.17) is 4.84 Å². The van der Waals surface area contributed by atoms with E-state index in [1.54, 1.807) is 25.2 Å². The van der Waals surface area contributed by atoms with Gasteiger partial charge in [0.25, 0.3) is 0 Å². The Morgan fingerprint density at radius 3 is 2.82 bits per heavy atom. The number of hydrogen-bond acceptors (Lipinski definition) is 2. The third-order valence-corrected chi connectivity index (χ3v) is 1.33. The molecule has 1 aromatic carbocycles. The van der Waals surface area contributed by atoms with E-state index in [1.807, 2.05) is 0 Å². The number of nitrogens with one attached hydrogen (secondary N) is 1. The van der Waals surface area contributed by atoms with Crippen LogP contribution in [0.25, 0.3) is 0 Å². The van der Waals surface area contributed by atoms with Crippen molar-refractivity contribution < 1.29 is 9.23 Å². The molecule has 0 radical (unpaired) electrons. The van der Waals surface area contributed by atoms with Crippen molar-refractivity contribution in [3.63, 3.8) is 0 Å². The van der Waals surface area contributed by atoms with Gasteiger partial charge in [0.1, 0.15) is 5.82 Å². The fraction of sp³-hybridized carbons (Fsp3) is 0.250. The summed E-state index contributed by atoms with van der Waals surface area (Å²) in [4.78, 5) is 4.81. The second kappa shape index (κ2) is 4.05. The monoisotopic (exact) mass is 155 g/mol. The number of benzene rings is 1. The predicted octanol–water partition coefficient (Wildman–Crippen LogP) is 1.48. The van der Waals surface area contributed by atoms with Crippen molar-refractivity contribution >= 4 is 0 Å². The molecule has 0 atom stereocenters. The van der Waals surface area contributed by atoms with E-state index in [2.05, 4.69) is 5.48 Å². The molecule has 0 spiro atoms. The minimum Gasteiger partial charge on any atom is -0.297 e. The second-order valence-corrected chi connectivity index (χ2v) is 2.08. The lowest BCUT2D eigenvalue weighted by molar-refractivity contribution is 0.0428. The molecule has 0 aromatic heterocycles. The van der Waals surface area contributed by atoms with Crippen molar-refractivity contribution in [3.05, 3.63) is 35.6 Å². The van der Waals surface area contributed by atoms with Gasteiger partial charge < -0.3 is 0 Å². The normalized spacial score (nSPS) is 10.0. The fourth-order valence-corrected chi connectivity index (χ4v) is 0.765. The van der Waals surface area contributed by atoms with Gasteiger partial charge >= 0.3 is 0 Å². The number of halogens is 1. The van der Waals surface area contributed by atoms with Gasteiger partial charge in [0.05, 0.1) is 6.61 Å². The highest BCUT2D eigenvalue weighted by atomic mass is 19.1. The van der Waals surface area contributed by atoms with E-state index in [1.165, 1.54) is 6.07 Å². The molecule has 2 nitrogen and oxygen atoms in total. The lowest BCUT2D eigenvalue weighted by atomic mass is 10.2. The van der Waals surface area contributed by atoms with Crippen LogP contribution in [0.4, 0.5) is 4.39 Å². The van der Waals surface area contributed by atoms with Crippen LogP contribution >= 0.6 is 0 Å². The molecule has 1 rings (SSSR count). The standard InChI is InChI=1S/C8H10FNO/c1-10-11-6-7-4-2-3-5-8(7)9/h2-5,10H,6H2,1H3. The molecule has 1 N–H and O–H groups in total. The Morgan fingerprint density at radius 2 is 2.18 bits per heavy atom. The highest BCUT2D eigenvalue weighted by molar-refractivity contribution is 5.15. The fourth-order valence-electron chi connectivity index (χ4n) is 0.765. The molecule has 60 valence electrons. The lowest BCUT2D eigenvalue weighted by Crippen LogP contribution is -2.07. The van der Waals surface area contributed by atoms with Crippen LogP contribution in [0, 0.1) is 5.82 Å². The average molecular weight is 155 g/mol. The van der Waals surface area contributed by atoms with Crippen LogP contribution in [0.15, 0.2) is 24.3 Å². The van der Waals surface area contributed by atoms with Crippen LogP contribution in [0.2, 0.25) is 0 Å². The zero-order valence-electron chi connectivity index (χ0n) is 6.30. The smallest absolute Gasteiger partial charge is 0.128 e. The summed E-state index contributed by atoms with van der Waals surface area (Å²) in [6.45, 7) is 0.253. The maximum Gasteiger partial charge on any atom is 0.128 e. The van der Waals surface area contributed by atoms with Crippen molar-refractivity contribution in [1.82, 2.24) is 5.48 Å². The first-order chi connectivity index (χ1) is 5.34. The lowest BCUT2D eigenvalue weighted by Gasteiger charge is -2.01. The SMILES string of the molecule is CNOCc1ccccc1F. The summed E-state index contributed by atoms with van der Waals surface area (Å²) in [7, 11) is 1.64. The van der Waals surface area contributed by atoms with Gasteiger partial charge in [-0.05, 0) is 6.07 Å². The van der Waals surface area contributed by atoms with Gasteiger partial charge in [0.2, 0.25) is 0 Å². The molecule has 0 aliphatic rings. The van der Waals surface area contributed by atoms with Crippen molar-refractivity contribution in [1.29, 1.82) is 0 Å². The van der Waals surface area contributed by atoms with Crippen LogP contribution in [-0.2, 0) is 11.4 Å². The van der Waals surface area contributed by atoms with E-state index in [-0.39, 0.29) is 12.4 Å². The minimum absolute atomic E-state index is 0.234. The number of rotatable bonds is 3.